The van der Waals surface area contributed by atoms with Crippen LogP contribution in [0.1, 0.15) is 79.1 Å². The minimum atomic E-state index is 0.922. The molecule has 0 aromatic heterocycles. The molecule has 0 spiro atoms. The summed E-state index contributed by atoms with van der Waals surface area (Å²) >= 11 is 0. The predicted molar refractivity (Wildman–Crippen MR) is 84.1 cm³/mol. The second kappa shape index (κ2) is 12.0. The summed E-state index contributed by atoms with van der Waals surface area (Å²) in [7, 11) is 2.28. The van der Waals surface area contributed by atoms with E-state index in [2.05, 4.69) is 39.6 Å². The largest absolute Gasteiger partial charge is 0.306 e. The fourth-order valence-electron chi connectivity index (χ4n) is 2.27. The van der Waals surface area contributed by atoms with Gasteiger partial charge in [0.15, 0.2) is 0 Å². The summed E-state index contributed by atoms with van der Waals surface area (Å²) in [6.07, 6.45) is 11.1. The van der Waals surface area contributed by atoms with E-state index in [0.717, 1.165) is 11.8 Å². The zero-order valence-electron chi connectivity index (χ0n) is 13.7. The highest BCUT2D eigenvalue weighted by Crippen LogP contribution is 2.12. The molecule has 0 bridgehead atoms. The highest BCUT2D eigenvalue weighted by molar-refractivity contribution is 4.57. The topological polar surface area (TPSA) is 3.24 Å². The SMILES string of the molecule is CCC(C)CCCCN(C)CCCCC(C)CC. The van der Waals surface area contributed by atoms with Gasteiger partial charge in [0.05, 0.1) is 0 Å². The van der Waals surface area contributed by atoms with Crippen molar-refractivity contribution in [2.45, 2.75) is 79.1 Å². The number of hydrogen-bond acceptors (Lipinski definition) is 1. The van der Waals surface area contributed by atoms with Gasteiger partial charge in [0.25, 0.3) is 0 Å². The highest BCUT2D eigenvalue weighted by Gasteiger charge is 2.02. The number of unbranched alkanes of at least 4 members (excludes halogenated alkanes) is 2. The number of nitrogens with zero attached hydrogens (tertiary/aromatic N) is 1. The molecule has 1 nitrogen and oxygen atoms in total. The molecule has 0 aromatic rings. The van der Waals surface area contributed by atoms with E-state index in [-0.39, 0.29) is 0 Å². The Morgan fingerprint density at radius 3 is 1.44 bits per heavy atom. The van der Waals surface area contributed by atoms with E-state index in [1.807, 2.05) is 0 Å². The van der Waals surface area contributed by atoms with Gasteiger partial charge in [-0.15, -0.1) is 0 Å². The zero-order chi connectivity index (χ0) is 13.8. The van der Waals surface area contributed by atoms with Gasteiger partial charge in [0, 0.05) is 0 Å². The summed E-state index contributed by atoms with van der Waals surface area (Å²) in [6, 6.07) is 0. The molecular weight excluding hydrogens is 218 g/mol. The third-order valence-electron chi connectivity index (χ3n) is 4.37. The van der Waals surface area contributed by atoms with E-state index in [9.17, 15) is 0 Å². The first-order chi connectivity index (χ1) is 8.60. The molecule has 2 atom stereocenters. The minimum absolute atomic E-state index is 0.922. The Labute approximate surface area is 116 Å². The van der Waals surface area contributed by atoms with Gasteiger partial charge in [0.2, 0.25) is 0 Å². The van der Waals surface area contributed by atoms with Crippen LogP contribution in [0.3, 0.4) is 0 Å². The molecule has 0 radical (unpaired) electrons. The van der Waals surface area contributed by atoms with Crippen molar-refractivity contribution in [1.29, 1.82) is 0 Å². The van der Waals surface area contributed by atoms with E-state index in [0.29, 0.717) is 0 Å². The molecule has 0 aliphatic heterocycles. The zero-order valence-corrected chi connectivity index (χ0v) is 13.7. The van der Waals surface area contributed by atoms with Crippen LogP contribution in [0.4, 0.5) is 0 Å². The third kappa shape index (κ3) is 11.1. The van der Waals surface area contributed by atoms with Crippen molar-refractivity contribution in [2.75, 3.05) is 20.1 Å². The Balaban J connectivity index is 3.29. The normalized spacial score (nSPS) is 15.0. The Morgan fingerprint density at radius 2 is 1.11 bits per heavy atom. The van der Waals surface area contributed by atoms with Crippen LogP contribution in [-0.2, 0) is 0 Å². The highest BCUT2D eigenvalue weighted by atomic mass is 15.1. The quantitative estimate of drug-likeness (QED) is 0.425. The second-order valence-electron chi connectivity index (χ2n) is 6.32. The van der Waals surface area contributed by atoms with E-state index in [1.54, 1.807) is 0 Å². The first-order valence-electron chi connectivity index (χ1n) is 8.28. The molecule has 2 unspecified atom stereocenters. The smallest absolute Gasteiger partial charge is 0.00218 e. The third-order valence-corrected chi connectivity index (χ3v) is 4.37. The molecule has 0 saturated heterocycles. The van der Waals surface area contributed by atoms with Crippen LogP contribution in [0.2, 0.25) is 0 Å². The van der Waals surface area contributed by atoms with E-state index < -0.39 is 0 Å². The molecule has 1 heteroatoms. The summed E-state index contributed by atoms with van der Waals surface area (Å²) in [5.74, 6) is 1.84. The molecule has 110 valence electrons. The summed E-state index contributed by atoms with van der Waals surface area (Å²) < 4.78 is 0. The number of rotatable bonds is 12. The van der Waals surface area contributed by atoms with Crippen molar-refractivity contribution in [2.24, 2.45) is 11.8 Å². The first kappa shape index (κ1) is 18.0. The van der Waals surface area contributed by atoms with Crippen molar-refractivity contribution < 1.29 is 0 Å². The summed E-state index contributed by atoms with van der Waals surface area (Å²) in [5.41, 5.74) is 0. The van der Waals surface area contributed by atoms with Crippen molar-refractivity contribution in [3.8, 4) is 0 Å². The fraction of sp³-hybridized carbons (Fsp3) is 1.00. The lowest BCUT2D eigenvalue weighted by molar-refractivity contribution is 0.307. The van der Waals surface area contributed by atoms with Crippen LogP contribution in [0, 0.1) is 11.8 Å². The average molecular weight is 255 g/mol. The van der Waals surface area contributed by atoms with Gasteiger partial charge in [-0.2, -0.15) is 0 Å². The van der Waals surface area contributed by atoms with Gasteiger partial charge in [-0.25, -0.2) is 0 Å². The van der Waals surface area contributed by atoms with Gasteiger partial charge in [-0.3, -0.25) is 0 Å². The standard InChI is InChI=1S/C17H37N/c1-6-16(3)12-8-10-14-18(5)15-11-9-13-17(4)7-2/h16-17H,6-15H2,1-5H3. The lowest BCUT2D eigenvalue weighted by Gasteiger charge is -2.17. The summed E-state index contributed by atoms with van der Waals surface area (Å²) in [6.45, 7) is 11.9. The van der Waals surface area contributed by atoms with Crippen molar-refractivity contribution in [3.63, 3.8) is 0 Å². The predicted octanol–water partition coefficient (Wildman–Crippen LogP) is 5.35. The van der Waals surface area contributed by atoms with Gasteiger partial charge >= 0.3 is 0 Å². The fourth-order valence-corrected chi connectivity index (χ4v) is 2.27. The maximum atomic E-state index is 2.52. The molecule has 0 aliphatic rings. The van der Waals surface area contributed by atoms with Crippen molar-refractivity contribution >= 4 is 0 Å². The molecular formula is C17H37N. The van der Waals surface area contributed by atoms with Crippen molar-refractivity contribution in [3.05, 3.63) is 0 Å². The molecule has 0 aliphatic carbocycles. The first-order valence-corrected chi connectivity index (χ1v) is 8.28. The Morgan fingerprint density at radius 1 is 0.722 bits per heavy atom. The van der Waals surface area contributed by atoms with Crippen LogP contribution >= 0.6 is 0 Å². The molecule has 0 aromatic carbocycles. The molecule has 0 N–H and O–H groups in total. The molecule has 0 amide bonds. The Bertz CT molecular complexity index is 149. The van der Waals surface area contributed by atoms with E-state index in [4.69, 9.17) is 0 Å². The molecule has 0 rings (SSSR count). The van der Waals surface area contributed by atoms with E-state index in [1.165, 1.54) is 64.5 Å². The van der Waals surface area contributed by atoms with Gasteiger partial charge in [-0.05, 0) is 44.8 Å². The van der Waals surface area contributed by atoms with Gasteiger partial charge in [0.1, 0.15) is 0 Å². The number of hydrogen-bond donors (Lipinski definition) is 0. The van der Waals surface area contributed by atoms with Crippen LogP contribution in [0.15, 0.2) is 0 Å². The van der Waals surface area contributed by atoms with Gasteiger partial charge in [-0.1, -0.05) is 66.2 Å². The van der Waals surface area contributed by atoms with Crippen molar-refractivity contribution in [1.82, 2.24) is 4.90 Å². The molecule has 18 heavy (non-hydrogen) atoms. The summed E-state index contributed by atoms with van der Waals surface area (Å²) in [4.78, 5) is 2.52. The Kier molecular flexibility index (Phi) is 12.0. The molecule has 0 fully saturated rings. The Hall–Kier alpha value is -0.0400. The van der Waals surface area contributed by atoms with Crippen LogP contribution in [-0.4, -0.2) is 25.0 Å². The van der Waals surface area contributed by atoms with Crippen LogP contribution in [0.5, 0.6) is 0 Å². The average Bonchev–Trinajstić information content (AvgIpc) is 2.38. The summed E-state index contributed by atoms with van der Waals surface area (Å²) in [5, 5.41) is 0. The molecule has 0 heterocycles. The van der Waals surface area contributed by atoms with E-state index >= 15 is 0 Å². The second-order valence-corrected chi connectivity index (χ2v) is 6.32. The monoisotopic (exact) mass is 255 g/mol. The minimum Gasteiger partial charge on any atom is -0.306 e. The lowest BCUT2D eigenvalue weighted by atomic mass is 10.0. The maximum absolute atomic E-state index is 2.52. The van der Waals surface area contributed by atoms with Crippen LogP contribution in [0.25, 0.3) is 0 Å². The van der Waals surface area contributed by atoms with Crippen LogP contribution < -0.4 is 0 Å². The van der Waals surface area contributed by atoms with Gasteiger partial charge < -0.3 is 4.90 Å². The maximum Gasteiger partial charge on any atom is -0.00218 e. The molecule has 0 saturated carbocycles. The lowest BCUT2D eigenvalue weighted by Crippen LogP contribution is -2.21.